The van der Waals surface area contributed by atoms with Crippen LogP contribution in [0.4, 0.5) is 4.39 Å². The van der Waals surface area contributed by atoms with E-state index in [2.05, 4.69) is 27.6 Å². The number of ether oxygens (including phenoxy) is 1. The van der Waals surface area contributed by atoms with Crippen LogP contribution in [0.1, 0.15) is 0 Å². The zero-order valence-corrected chi connectivity index (χ0v) is 13.5. The summed E-state index contributed by atoms with van der Waals surface area (Å²) in [5.41, 5.74) is 2.58. The predicted octanol–water partition coefficient (Wildman–Crippen LogP) is 4.44. The molecule has 20 heavy (non-hydrogen) atoms. The van der Waals surface area contributed by atoms with E-state index < -0.39 is 0 Å². The molecule has 0 unspecified atom stereocenters. The molecule has 0 radical (unpaired) electrons. The highest BCUT2D eigenvalue weighted by atomic mass is 127. The second kappa shape index (κ2) is 5.17. The molecule has 0 atom stereocenters. The monoisotopic (exact) mass is 400 g/mol. The Hall–Kier alpha value is -1.41. The topological polar surface area (TPSA) is 29.9 Å². The maximum absolute atomic E-state index is 13.3. The normalized spacial score (nSPS) is 10.9. The molecule has 1 heterocycles. The molecule has 1 aromatic heterocycles. The van der Waals surface area contributed by atoms with Crippen LogP contribution in [0.15, 0.2) is 36.4 Å². The standard InChI is InChI=1S/C14H10FIN2OS/c1-19-13-6-8(15)2-4-12(13)18-11-5-3-9(16)7-10(11)17-14(18)20/h2-7H,1H3,(H,17,20). The summed E-state index contributed by atoms with van der Waals surface area (Å²) in [5.74, 6) is 0.104. The Bertz CT molecular complexity index is 856. The highest BCUT2D eigenvalue weighted by Gasteiger charge is 2.12. The molecular weight excluding hydrogens is 390 g/mol. The average molecular weight is 400 g/mol. The van der Waals surface area contributed by atoms with Gasteiger partial charge in [-0.15, -0.1) is 0 Å². The molecule has 0 saturated heterocycles. The van der Waals surface area contributed by atoms with Gasteiger partial charge < -0.3 is 9.72 Å². The predicted molar refractivity (Wildman–Crippen MR) is 87.7 cm³/mol. The molecule has 0 bridgehead atoms. The van der Waals surface area contributed by atoms with Gasteiger partial charge in [0.25, 0.3) is 0 Å². The maximum Gasteiger partial charge on any atom is 0.182 e. The lowest BCUT2D eigenvalue weighted by molar-refractivity contribution is 0.409. The number of fused-ring (bicyclic) bond motifs is 1. The highest BCUT2D eigenvalue weighted by molar-refractivity contribution is 14.1. The average Bonchev–Trinajstić information content (AvgIpc) is 2.73. The van der Waals surface area contributed by atoms with Gasteiger partial charge in [-0.05, 0) is 65.1 Å². The molecule has 3 aromatic rings. The first kappa shape index (κ1) is 13.6. The van der Waals surface area contributed by atoms with E-state index in [1.165, 1.54) is 19.2 Å². The molecule has 0 fully saturated rings. The number of aromatic nitrogens is 2. The van der Waals surface area contributed by atoms with Crippen molar-refractivity contribution >= 4 is 45.8 Å². The summed E-state index contributed by atoms with van der Waals surface area (Å²) >= 11 is 7.62. The summed E-state index contributed by atoms with van der Waals surface area (Å²) in [6.45, 7) is 0. The number of benzene rings is 2. The number of hydrogen-bond donors (Lipinski definition) is 1. The first-order valence-electron chi connectivity index (χ1n) is 5.84. The van der Waals surface area contributed by atoms with Gasteiger partial charge in [0.2, 0.25) is 0 Å². The van der Waals surface area contributed by atoms with Crippen molar-refractivity contribution < 1.29 is 9.13 Å². The summed E-state index contributed by atoms with van der Waals surface area (Å²) in [6.07, 6.45) is 0. The van der Waals surface area contributed by atoms with Crippen molar-refractivity contribution in [2.75, 3.05) is 7.11 Å². The Labute approximate surface area is 133 Å². The highest BCUT2D eigenvalue weighted by Crippen LogP contribution is 2.28. The van der Waals surface area contributed by atoms with Gasteiger partial charge in [-0.1, -0.05) is 0 Å². The number of rotatable bonds is 2. The van der Waals surface area contributed by atoms with Crippen molar-refractivity contribution in [1.29, 1.82) is 0 Å². The number of halogens is 2. The fourth-order valence-corrected chi connectivity index (χ4v) is 2.96. The van der Waals surface area contributed by atoms with Crippen molar-refractivity contribution in [1.82, 2.24) is 9.55 Å². The Kier molecular flexibility index (Phi) is 3.51. The Balaban J connectivity index is 2.35. The third kappa shape index (κ3) is 2.22. The van der Waals surface area contributed by atoms with Gasteiger partial charge in [-0.2, -0.15) is 0 Å². The van der Waals surface area contributed by atoms with E-state index in [1.54, 1.807) is 6.07 Å². The molecule has 102 valence electrons. The minimum Gasteiger partial charge on any atom is -0.494 e. The van der Waals surface area contributed by atoms with Crippen LogP contribution in [0.25, 0.3) is 16.7 Å². The molecule has 0 aliphatic carbocycles. The van der Waals surface area contributed by atoms with Crippen LogP contribution in [0, 0.1) is 14.2 Å². The molecule has 0 aliphatic heterocycles. The Morgan fingerprint density at radius 3 is 2.80 bits per heavy atom. The smallest absolute Gasteiger partial charge is 0.182 e. The van der Waals surface area contributed by atoms with Crippen LogP contribution in [0.3, 0.4) is 0 Å². The van der Waals surface area contributed by atoms with Crippen LogP contribution in [-0.2, 0) is 0 Å². The van der Waals surface area contributed by atoms with Gasteiger partial charge in [0, 0.05) is 9.64 Å². The van der Waals surface area contributed by atoms with E-state index in [0.29, 0.717) is 16.2 Å². The summed E-state index contributed by atoms with van der Waals surface area (Å²) in [7, 11) is 1.51. The van der Waals surface area contributed by atoms with Crippen molar-refractivity contribution in [3.8, 4) is 11.4 Å². The van der Waals surface area contributed by atoms with Gasteiger partial charge in [0.15, 0.2) is 4.77 Å². The summed E-state index contributed by atoms with van der Waals surface area (Å²) in [6, 6.07) is 10.4. The number of methoxy groups -OCH3 is 1. The van der Waals surface area contributed by atoms with Crippen LogP contribution in [0.5, 0.6) is 5.75 Å². The largest absolute Gasteiger partial charge is 0.494 e. The molecule has 0 aliphatic rings. The van der Waals surface area contributed by atoms with Gasteiger partial charge in [-0.25, -0.2) is 4.39 Å². The quantitative estimate of drug-likeness (QED) is 0.509. The molecule has 1 N–H and O–H groups in total. The Morgan fingerprint density at radius 1 is 1.25 bits per heavy atom. The molecule has 2 aromatic carbocycles. The fraction of sp³-hybridized carbons (Fsp3) is 0.0714. The van der Waals surface area contributed by atoms with E-state index in [4.69, 9.17) is 17.0 Å². The lowest BCUT2D eigenvalue weighted by Crippen LogP contribution is -1.98. The number of H-pyrrole nitrogens is 1. The van der Waals surface area contributed by atoms with Crippen LogP contribution in [-0.4, -0.2) is 16.7 Å². The van der Waals surface area contributed by atoms with Gasteiger partial charge >= 0.3 is 0 Å². The van der Waals surface area contributed by atoms with Crippen molar-refractivity contribution in [2.45, 2.75) is 0 Å². The number of hydrogen-bond acceptors (Lipinski definition) is 2. The number of nitrogens with zero attached hydrogens (tertiary/aromatic N) is 1. The lowest BCUT2D eigenvalue weighted by atomic mass is 10.2. The fourth-order valence-electron chi connectivity index (χ4n) is 2.16. The van der Waals surface area contributed by atoms with E-state index >= 15 is 0 Å². The van der Waals surface area contributed by atoms with E-state index in [-0.39, 0.29) is 5.82 Å². The Morgan fingerprint density at radius 2 is 2.05 bits per heavy atom. The van der Waals surface area contributed by atoms with Gasteiger partial charge in [-0.3, -0.25) is 4.57 Å². The molecular formula is C14H10FIN2OS. The SMILES string of the molecule is COc1cc(F)ccc1-n1c(=S)[nH]c2cc(I)ccc21. The number of aromatic amines is 1. The van der Waals surface area contributed by atoms with E-state index in [0.717, 1.165) is 14.6 Å². The van der Waals surface area contributed by atoms with Gasteiger partial charge in [0.05, 0.1) is 23.8 Å². The van der Waals surface area contributed by atoms with Crippen molar-refractivity contribution in [2.24, 2.45) is 0 Å². The number of nitrogens with one attached hydrogen (secondary N) is 1. The minimum atomic E-state index is -0.341. The van der Waals surface area contributed by atoms with Crippen molar-refractivity contribution in [3.63, 3.8) is 0 Å². The second-order valence-electron chi connectivity index (χ2n) is 4.24. The maximum atomic E-state index is 13.3. The molecule has 6 heteroatoms. The van der Waals surface area contributed by atoms with Gasteiger partial charge in [0.1, 0.15) is 11.6 Å². The van der Waals surface area contributed by atoms with Crippen LogP contribution < -0.4 is 4.74 Å². The third-order valence-electron chi connectivity index (χ3n) is 3.03. The van der Waals surface area contributed by atoms with E-state index in [1.807, 2.05) is 22.8 Å². The molecule has 0 saturated carbocycles. The number of imidazole rings is 1. The summed E-state index contributed by atoms with van der Waals surface area (Å²) in [5, 5.41) is 0. The summed E-state index contributed by atoms with van der Waals surface area (Å²) < 4.78 is 22.1. The first-order valence-corrected chi connectivity index (χ1v) is 7.33. The second-order valence-corrected chi connectivity index (χ2v) is 5.88. The first-order chi connectivity index (χ1) is 9.60. The molecule has 3 rings (SSSR count). The molecule has 0 spiro atoms. The summed E-state index contributed by atoms with van der Waals surface area (Å²) in [4.78, 5) is 3.16. The van der Waals surface area contributed by atoms with E-state index in [9.17, 15) is 4.39 Å². The molecule has 3 nitrogen and oxygen atoms in total. The zero-order valence-electron chi connectivity index (χ0n) is 10.5. The lowest BCUT2D eigenvalue weighted by Gasteiger charge is -2.10. The zero-order chi connectivity index (χ0) is 14.3. The minimum absolute atomic E-state index is 0.341. The van der Waals surface area contributed by atoms with Crippen molar-refractivity contribution in [3.05, 3.63) is 50.6 Å². The molecule has 0 amide bonds. The van der Waals surface area contributed by atoms with Crippen LogP contribution in [0.2, 0.25) is 0 Å². The third-order valence-corrected chi connectivity index (χ3v) is 3.98. The van der Waals surface area contributed by atoms with Crippen LogP contribution >= 0.6 is 34.8 Å².